The number of allylic oxidation sites excluding steroid dienone is 1. The minimum absolute atomic E-state index is 0.312. The van der Waals surface area contributed by atoms with E-state index in [0.29, 0.717) is 0 Å². The van der Waals surface area contributed by atoms with E-state index in [0.717, 1.165) is 0 Å². The van der Waals surface area contributed by atoms with Crippen LogP contribution in [0.3, 0.4) is 0 Å². The molecular weight excluding hydrogens is 138 g/mol. The van der Waals surface area contributed by atoms with Gasteiger partial charge < -0.3 is 0 Å². The molecule has 0 aromatic heterocycles. The zero-order valence-corrected chi connectivity index (χ0v) is 6.24. The first-order chi connectivity index (χ1) is 4.39. The predicted molar refractivity (Wildman–Crippen MR) is 34.8 cm³/mol. The third-order valence-electron chi connectivity index (χ3n) is 0.994. The molecule has 0 radical (unpaired) electrons. The summed E-state index contributed by atoms with van der Waals surface area (Å²) >= 11 is 0. The fourth-order valence-corrected chi connectivity index (χ4v) is 0.408. The standard InChI is InChI=1S/C7H10F2O/c1-7(2,3)6(10)5(9)4-8/h4H,1-3H3/b5-4+. The van der Waals surface area contributed by atoms with Crippen molar-refractivity contribution >= 4 is 5.78 Å². The molecule has 0 atom stereocenters. The molecule has 0 aliphatic rings. The van der Waals surface area contributed by atoms with Crippen LogP contribution in [-0.2, 0) is 4.79 Å². The molecule has 0 bridgehead atoms. The maximum Gasteiger partial charge on any atom is 0.198 e. The summed E-state index contributed by atoms with van der Waals surface area (Å²) in [7, 11) is 0. The van der Waals surface area contributed by atoms with Crippen LogP contribution in [0, 0.1) is 5.41 Å². The quantitative estimate of drug-likeness (QED) is 0.522. The van der Waals surface area contributed by atoms with Crippen molar-refractivity contribution in [3.8, 4) is 0 Å². The van der Waals surface area contributed by atoms with Gasteiger partial charge in [-0.2, -0.15) is 0 Å². The second-order valence-electron chi connectivity index (χ2n) is 3.04. The fraction of sp³-hybridized carbons (Fsp3) is 0.571. The summed E-state index contributed by atoms with van der Waals surface area (Å²) in [6, 6.07) is 0. The minimum Gasteiger partial charge on any atom is -0.291 e. The van der Waals surface area contributed by atoms with Gasteiger partial charge in [0.15, 0.2) is 11.6 Å². The molecule has 0 unspecified atom stereocenters. The normalized spacial score (nSPS) is 13.5. The molecule has 0 rings (SSSR count). The molecule has 10 heavy (non-hydrogen) atoms. The Kier molecular flexibility index (Phi) is 2.69. The molecule has 0 heterocycles. The lowest BCUT2D eigenvalue weighted by atomic mass is 9.90. The molecule has 0 saturated heterocycles. The van der Waals surface area contributed by atoms with E-state index in [1.807, 2.05) is 0 Å². The first-order valence-corrected chi connectivity index (χ1v) is 2.90. The van der Waals surface area contributed by atoms with Crippen LogP contribution in [0.1, 0.15) is 20.8 Å². The van der Waals surface area contributed by atoms with Crippen LogP contribution in [0.5, 0.6) is 0 Å². The van der Waals surface area contributed by atoms with E-state index in [9.17, 15) is 13.6 Å². The average Bonchev–Trinajstić information content (AvgIpc) is 1.83. The van der Waals surface area contributed by atoms with Gasteiger partial charge in [-0.1, -0.05) is 20.8 Å². The predicted octanol–water partition coefficient (Wildman–Crippen LogP) is 2.38. The average molecular weight is 148 g/mol. The summed E-state index contributed by atoms with van der Waals surface area (Å²) in [6.07, 6.45) is -0.312. The lowest BCUT2D eigenvalue weighted by Crippen LogP contribution is -2.20. The maximum atomic E-state index is 12.2. The number of hydrogen-bond acceptors (Lipinski definition) is 1. The summed E-state index contributed by atoms with van der Waals surface area (Å²) in [6.45, 7) is 4.58. The molecule has 1 nitrogen and oxygen atoms in total. The number of carbonyl (C=O) groups excluding carboxylic acids is 1. The van der Waals surface area contributed by atoms with Gasteiger partial charge in [0.1, 0.15) is 6.33 Å². The summed E-state index contributed by atoms with van der Waals surface area (Å²) in [4.78, 5) is 10.7. The molecule has 0 amide bonds. The number of hydrogen-bond donors (Lipinski definition) is 0. The van der Waals surface area contributed by atoms with E-state index < -0.39 is 17.0 Å². The van der Waals surface area contributed by atoms with E-state index in [2.05, 4.69) is 0 Å². The highest BCUT2D eigenvalue weighted by Crippen LogP contribution is 2.20. The lowest BCUT2D eigenvalue weighted by molar-refractivity contribution is -0.124. The Morgan fingerprint density at radius 3 is 1.90 bits per heavy atom. The van der Waals surface area contributed by atoms with Gasteiger partial charge >= 0.3 is 0 Å². The van der Waals surface area contributed by atoms with Crippen LogP contribution in [0.4, 0.5) is 8.78 Å². The number of rotatable bonds is 1. The smallest absolute Gasteiger partial charge is 0.198 e. The summed E-state index contributed by atoms with van der Waals surface area (Å²) < 4.78 is 23.6. The lowest BCUT2D eigenvalue weighted by Gasteiger charge is -2.13. The van der Waals surface area contributed by atoms with Crippen LogP contribution in [0.25, 0.3) is 0 Å². The molecule has 0 aromatic rings. The van der Waals surface area contributed by atoms with Crippen LogP contribution in [0.15, 0.2) is 12.2 Å². The number of Topliss-reactive ketones (excluding diaryl/α,β-unsaturated/α-hetero) is 1. The van der Waals surface area contributed by atoms with Crippen molar-refractivity contribution in [1.29, 1.82) is 0 Å². The van der Waals surface area contributed by atoms with Crippen molar-refractivity contribution in [3.63, 3.8) is 0 Å². The molecule has 0 aromatic carbocycles. The van der Waals surface area contributed by atoms with E-state index in [-0.39, 0.29) is 6.33 Å². The topological polar surface area (TPSA) is 17.1 Å². The molecule has 0 spiro atoms. The van der Waals surface area contributed by atoms with Gasteiger partial charge in [0.25, 0.3) is 0 Å². The molecule has 0 fully saturated rings. The summed E-state index contributed by atoms with van der Waals surface area (Å²) in [5.74, 6) is -2.12. The molecule has 58 valence electrons. The molecule has 0 aliphatic heterocycles. The van der Waals surface area contributed by atoms with Crippen molar-refractivity contribution < 1.29 is 13.6 Å². The van der Waals surface area contributed by atoms with E-state index in [1.165, 1.54) is 20.8 Å². The van der Waals surface area contributed by atoms with Crippen molar-refractivity contribution in [2.45, 2.75) is 20.8 Å². The minimum atomic E-state index is -1.31. The van der Waals surface area contributed by atoms with Gasteiger partial charge in [-0.25, -0.2) is 8.78 Å². The first kappa shape index (κ1) is 9.27. The molecule has 0 saturated carbocycles. The Balaban J connectivity index is 4.39. The van der Waals surface area contributed by atoms with Crippen LogP contribution in [-0.4, -0.2) is 5.78 Å². The Bertz CT molecular complexity index is 165. The maximum absolute atomic E-state index is 12.2. The Morgan fingerprint density at radius 2 is 1.80 bits per heavy atom. The highest BCUT2D eigenvalue weighted by molar-refractivity contribution is 5.96. The van der Waals surface area contributed by atoms with Crippen LogP contribution < -0.4 is 0 Å². The van der Waals surface area contributed by atoms with E-state index in [4.69, 9.17) is 0 Å². The van der Waals surface area contributed by atoms with E-state index in [1.54, 1.807) is 0 Å². The van der Waals surface area contributed by atoms with Gasteiger partial charge in [-0.05, 0) is 0 Å². The Labute approximate surface area is 58.7 Å². The number of carbonyl (C=O) groups is 1. The highest BCUT2D eigenvalue weighted by Gasteiger charge is 2.25. The second-order valence-corrected chi connectivity index (χ2v) is 3.04. The molecular formula is C7H10F2O. The zero-order chi connectivity index (χ0) is 8.36. The van der Waals surface area contributed by atoms with Crippen molar-refractivity contribution in [2.24, 2.45) is 5.41 Å². The molecule has 0 N–H and O–H groups in total. The van der Waals surface area contributed by atoms with Crippen molar-refractivity contribution in [1.82, 2.24) is 0 Å². The third kappa shape index (κ3) is 2.25. The van der Waals surface area contributed by atoms with Crippen LogP contribution in [0.2, 0.25) is 0 Å². The number of ketones is 1. The first-order valence-electron chi connectivity index (χ1n) is 2.90. The fourth-order valence-electron chi connectivity index (χ4n) is 0.408. The van der Waals surface area contributed by atoms with Gasteiger partial charge in [0.2, 0.25) is 0 Å². The van der Waals surface area contributed by atoms with Crippen molar-refractivity contribution in [3.05, 3.63) is 12.2 Å². The summed E-state index contributed by atoms with van der Waals surface area (Å²) in [5.41, 5.74) is -0.841. The second kappa shape index (κ2) is 2.90. The Morgan fingerprint density at radius 1 is 1.40 bits per heavy atom. The SMILES string of the molecule is CC(C)(C)C(=O)/C(F)=C\F. The summed E-state index contributed by atoms with van der Waals surface area (Å²) in [5, 5.41) is 0. The monoisotopic (exact) mass is 148 g/mol. The van der Waals surface area contributed by atoms with E-state index >= 15 is 0 Å². The highest BCUT2D eigenvalue weighted by atomic mass is 19.2. The Hall–Kier alpha value is -0.730. The molecule has 3 heteroatoms. The van der Waals surface area contributed by atoms with Crippen LogP contribution >= 0.6 is 0 Å². The van der Waals surface area contributed by atoms with Gasteiger partial charge in [-0.15, -0.1) is 0 Å². The van der Waals surface area contributed by atoms with Gasteiger partial charge in [0, 0.05) is 5.41 Å². The largest absolute Gasteiger partial charge is 0.291 e. The third-order valence-corrected chi connectivity index (χ3v) is 0.994. The van der Waals surface area contributed by atoms with Gasteiger partial charge in [0.05, 0.1) is 0 Å². The molecule has 0 aliphatic carbocycles. The zero-order valence-electron chi connectivity index (χ0n) is 6.24. The number of halogens is 2. The van der Waals surface area contributed by atoms with Gasteiger partial charge in [-0.3, -0.25) is 4.79 Å². The van der Waals surface area contributed by atoms with Crippen molar-refractivity contribution in [2.75, 3.05) is 0 Å².